The van der Waals surface area contributed by atoms with E-state index < -0.39 is 0 Å². The molecule has 3 aromatic heterocycles. The Hall–Kier alpha value is -2.43. The van der Waals surface area contributed by atoms with Gasteiger partial charge in [0, 0.05) is 24.7 Å². The summed E-state index contributed by atoms with van der Waals surface area (Å²) in [6, 6.07) is 4.31. The summed E-state index contributed by atoms with van der Waals surface area (Å²) >= 11 is 0. The minimum absolute atomic E-state index is 0.647. The molecule has 0 saturated heterocycles. The maximum atomic E-state index is 4.73. The molecule has 0 spiro atoms. The van der Waals surface area contributed by atoms with Crippen LogP contribution in [0.4, 0.5) is 11.5 Å². The van der Waals surface area contributed by atoms with Crippen LogP contribution >= 0.6 is 0 Å². The van der Waals surface area contributed by atoms with E-state index in [1.165, 1.54) is 36.9 Å². The van der Waals surface area contributed by atoms with Gasteiger partial charge in [-0.15, -0.1) is 0 Å². The van der Waals surface area contributed by atoms with E-state index in [1.54, 1.807) is 0 Å². The molecule has 5 heteroatoms. The Balaban J connectivity index is 1.63. The third-order valence-corrected chi connectivity index (χ3v) is 5.04. The fourth-order valence-corrected chi connectivity index (χ4v) is 3.60. The number of fused-ring (bicyclic) bond motifs is 1. The smallest absolute Gasteiger partial charge is 0.132 e. The van der Waals surface area contributed by atoms with Crippen molar-refractivity contribution in [3.05, 3.63) is 42.1 Å². The Labute approximate surface area is 142 Å². The second-order valence-corrected chi connectivity index (χ2v) is 6.64. The van der Waals surface area contributed by atoms with Crippen molar-refractivity contribution in [2.24, 2.45) is 7.05 Å². The number of nitrogens with zero attached hydrogens (tertiary/aromatic N) is 4. The lowest BCUT2D eigenvalue weighted by atomic mass is 10.0. The molecule has 0 aromatic carbocycles. The molecule has 0 radical (unpaired) electrons. The predicted octanol–water partition coefficient (Wildman–Crippen LogP) is 4.33. The summed E-state index contributed by atoms with van der Waals surface area (Å²) in [5.74, 6) is 1.48. The van der Waals surface area contributed by atoms with Gasteiger partial charge in [-0.25, -0.2) is 9.97 Å². The maximum Gasteiger partial charge on any atom is 0.132 e. The monoisotopic (exact) mass is 321 g/mol. The fraction of sp³-hybridized carbons (Fsp3) is 0.421. The summed E-state index contributed by atoms with van der Waals surface area (Å²) in [4.78, 5) is 13.5. The number of aromatic nitrogens is 4. The number of hydrogen-bond acceptors (Lipinski definition) is 4. The van der Waals surface area contributed by atoms with E-state index in [2.05, 4.69) is 28.3 Å². The normalized spacial score (nSPS) is 15.2. The Morgan fingerprint density at radius 1 is 1.12 bits per heavy atom. The summed E-state index contributed by atoms with van der Waals surface area (Å²) in [5.41, 5.74) is 5.59. The van der Waals surface area contributed by atoms with Crippen molar-refractivity contribution in [1.29, 1.82) is 0 Å². The van der Waals surface area contributed by atoms with E-state index in [0.29, 0.717) is 5.92 Å². The summed E-state index contributed by atoms with van der Waals surface area (Å²) < 4.78 is 2.00. The Morgan fingerprint density at radius 3 is 2.75 bits per heavy atom. The van der Waals surface area contributed by atoms with E-state index in [4.69, 9.17) is 4.98 Å². The highest BCUT2D eigenvalue weighted by molar-refractivity contribution is 5.78. The zero-order valence-corrected chi connectivity index (χ0v) is 14.3. The molecular formula is C19H23N5. The van der Waals surface area contributed by atoms with Gasteiger partial charge in [-0.1, -0.05) is 19.8 Å². The molecule has 3 aromatic rings. The highest BCUT2D eigenvalue weighted by Crippen LogP contribution is 2.34. The van der Waals surface area contributed by atoms with Gasteiger partial charge in [-0.05, 0) is 30.9 Å². The zero-order valence-electron chi connectivity index (χ0n) is 14.3. The molecule has 3 heterocycles. The first-order chi connectivity index (χ1) is 11.7. The van der Waals surface area contributed by atoms with Crippen LogP contribution in [0.5, 0.6) is 0 Å². The van der Waals surface area contributed by atoms with Crippen molar-refractivity contribution in [2.75, 3.05) is 5.32 Å². The van der Waals surface area contributed by atoms with Crippen molar-refractivity contribution in [2.45, 2.75) is 44.9 Å². The number of pyridine rings is 2. The second-order valence-electron chi connectivity index (χ2n) is 6.64. The van der Waals surface area contributed by atoms with E-state index in [0.717, 1.165) is 29.0 Å². The van der Waals surface area contributed by atoms with Gasteiger partial charge < -0.3 is 9.88 Å². The number of rotatable bonds is 4. The average Bonchev–Trinajstić information content (AvgIpc) is 3.26. The number of nitrogens with one attached hydrogen (secondary N) is 1. The van der Waals surface area contributed by atoms with E-state index in [9.17, 15) is 0 Å². The molecular weight excluding hydrogens is 298 g/mol. The van der Waals surface area contributed by atoms with Crippen molar-refractivity contribution in [3.63, 3.8) is 0 Å². The van der Waals surface area contributed by atoms with Crippen molar-refractivity contribution in [1.82, 2.24) is 19.5 Å². The molecule has 124 valence electrons. The highest BCUT2D eigenvalue weighted by Gasteiger charge is 2.19. The van der Waals surface area contributed by atoms with E-state index >= 15 is 0 Å². The van der Waals surface area contributed by atoms with Crippen LogP contribution in [0.1, 0.15) is 49.8 Å². The molecule has 0 aliphatic heterocycles. The molecule has 4 rings (SSSR count). The average molecular weight is 321 g/mol. The van der Waals surface area contributed by atoms with E-state index in [-0.39, 0.29) is 0 Å². The van der Waals surface area contributed by atoms with Crippen LogP contribution in [0, 0.1) is 0 Å². The Bertz CT molecular complexity index is 861. The van der Waals surface area contributed by atoms with E-state index in [1.807, 2.05) is 36.4 Å². The van der Waals surface area contributed by atoms with Gasteiger partial charge in [0.15, 0.2) is 0 Å². The van der Waals surface area contributed by atoms with Crippen LogP contribution in [0.25, 0.3) is 11.0 Å². The first kappa shape index (κ1) is 15.1. The maximum absolute atomic E-state index is 4.73. The minimum atomic E-state index is 0.647. The lowest BCUT2D eigenvalue weighted by Gasteiger charge is -2.14. The number of aryl methyl sites for hydroxylation is 2. The van der Waals surface area contributed by atoms with Crippen LogP contribution < -0.4 is 5.32 Å². The lowest BCUT2D eigenvalue weighted by molar-refractivity contribution is 0.696. The molecule has 1 aliphatic carbocycles. The number of hydrogen-bond donors (Lipinski definition) is 1. The highest BCUT2D eigenvalue weighted by atomic mass is 15.1. The third-order valence-electron chi connectivity index (χ3n) is 5.04. The third kappa shape index (κ3) is 2.75. The number of imidazole rings is 1. The van der Waals surface area contributed by atoms with Crippen LogP contribution in [0.15, 0.2) is 30.9 Å². The molecule has 0 unspecified atom stereocenters. The van der Waals surface area contributed by atoms with Gasteiger partial charge in [0.05, 0.1) is 29.9 Å². The molecule has 24 heavy (non-hydrogen) atoms. The molecule has 1 N–H and O–H groups in total. The van der Waals surface area contributed by atoms with Crippen LogP contribution in [0.3, 0.4) is 0 Å². The Kier molecular flexibility index (Phi) is 3.92. The zero-order chi connectivity index (χ0) is 16.5. The second kappa shape index (κ2) is 6.23. The predicted molar refractivity (Wildman–Crippen MR) is 96.6 cm³/mol. The van der Waals surface area contributed by atoms with Gasteiger partial charge in [0.1, 0.15) is 11.3 Å². The quantitative estimate of drug-likeness (QED) is 0.777. The number of anilines is 2. The molecule has 0 atom stereocenters. The summed E-state index contributed by atoms with van der Waals surface area (Å²) in [6.45, 7) is 2.19. The van der Waals surface area contributed by atoms with Crippen LogP contribution in [0.2, 0.25) is 0 Å². The van der Waals surface area contributed by atoms with Gasteiger partial charge in [0.25, 0.3) is 0 Å². The largest absolute Gasteiger partial charge is 0.339 e. The molecule has 0 bridgehead atoms. The summed E-state index contributed by atoms with van der Waals surface area (Å²) in [6.07, 6.45) is 11.8. The Morgan fingerprint density at radius 2 is 1.96 bits per heavy atom. The first-order valence-corrected chi connectivity index (χ1v) is 8.77. The van der Waals surface area contributed by atoms with Crippen molar-refractivity contribution >= 4 is 22.5 Å². The molecule has 1 fully saturated rings. The van der Waals surface area contributed by atoms with Gasteiger partial charge in [0.2, 0.25) is 0 Å². The fourth-order valence-electron chi connectivity index (χ4n) is 3.60. The summed E-state index contributed by atoms with van der Waals surface area (Å²) in [5, 5.41) is 3.44. The summed E-state index contributed by atoms with van der Waals surface area (Å²) in [7, 11) is 1.99. The lowest BCUT2D eigenvalue weighted by Crippen LogP contribution is -2.03. The van der Waals surface area contributed by atoms with Crippen molar-refractivity contribution in [3.8, 4) is 0 Å². The van der Waals surface area contributed by atoms with Gasteiger partial charge in [-0.2, -0.15) is 0 Å². The molecule has 0 amide bonds. The standard InChI is InChI=1S/C19H23N5/c1-3-13-8-15(14-6-4-5-7-14)20-10-16(13)23-19-9-18-17(11-21-19)22-12-24(18)2/h8-12,14H,3-7H2,1-2H3,(H,21,23). The SMILES string of the molecule is CCc1cc(C2CCCC2)ncc1Nc1cc2c(cn1)ncn2C. The van der Waals surface area contributed by atoms with Crippen molar-refractivity contribution < 1.29 is 0 Å². The van der Waals surface area contributed by atoms with Crippen LogP contribution in [-0.4, -0.2) is 19.5 Å². The molecule has 1 aliphatic rings. The molecule has 1 saturated carbocycles. The first-order valence-electron chi connectivity index (χ1n) is 8.77. The topological polar surface area (TPSA) is 55.6 Å². The molecule has 5 nitrogen and oxygen atoms in total. The van der Waals surface area contributed by atoms with Gasteiger partial charge in [-0.3, -0.25) is 4.98 Å². The van der Waals surface area contributed by atoms with Crippen LogP contribution in [-0.2, 0) is 13.5 Å². The minimum Gasteiger partial charge on any atom is -0.339 e. The van der Waals surface area contributed by atoms with Gasteiger partial charge >= 0.3 is 0 Å².